The van der Waals surface area contributed by atoms with Crippen molar-refractivity contribution in [2.45, 2.75) is 51.8 Å². The maximum Gasteiger partial charge on any atom is 0.251 e. The van der Waals surface area contributed by atoms with Gasteiger partial charge in [-0.05, 0) is 62.4 Å². The summed E-state index contributed by atoms with van der Waals surface area (Å²) in [5.41, 5.74) is 4.63. The third-order valence-electron chi connectivity index (χ3n) is 5.52. The van der Waals surface area contributed by atoms with E-state index < -0.39 is 10.0 Å². The van der Waals surface area contributed by atoms with Gasteiger partial charge in [-0.25, -0.2) is 12.7 Å². The molecule has 0 aliphatic carbocycles. The van der Waals surface area contributed by atoms with E-state index in [0.717, 1.165) is 36.0 Å². The van der Waals surface area contributed by atoms with E-state index in [1.54, 1.807) is 28.6 Å². The molecule has 0 spiro atoms. The molecule has 2 aromatic carbocycles. The number of nitrogens with one attached hydrogen (secondary N) is 1. The van der Waals surface area contributed by atoms with Crippen LogP contribution >= 0.6 is 0 Å². The quantitative estimate of drug-likeness (QED) is 0.773. The highest BCUT2D eigenvalue weighted by molar-refractivity contribution is 7.88. The Kier molecular flexibility index (Phi) is 6.75. The van der Waals surface area contributed by atoms with Gasteiger partial charge < -0.3 is 5.32 Å². The monoisotopic (exact) mass is 414 g/mol. The van der Waals surface area contributed by atoms with Crippen LogP contribution in [-0.2, 0) is 15.8 Å². The summed E-state index contributed by atoms with van der Waals surface area (Å²) in [5, 5.41) is 3.03. The van der Waals surface area contributed by atoms with Crippen LogP contribution in [0.5, 0.6) is 0 Å². The van der Waals surface area contributed by atoms with Crippen molar-refractivity contribution in [2.75, 3.05) is 13.1 Å². The topological polar surface area (TPSA) is 66.5 Å². The molecular weight excluding hydrogens is 384 g/mol. The Morgan fingerprint density at radius 2 is 1.69 bits per heavy atom. The minimum absolute atomic E-state index is 0.0201. The molecule has 2 aromatic rings. The van der Waals surface area contributed by atoms with Crippen LogP contribution < -0.4 is 5.32 Å². The van der Waals surface area contributed by atoms with Crippen molar-refractivity contribution >= 4 is 15.9 Å². The summed E-state index contributed by atoms with van der Waals surface area (Å²) in [6.07, 6.45) is 2.95. The first kappa shape index (κ1) is 21.5. The van der Waals surface area contributed by atoms with E-state index in [9.17, 15) is 13.2 Å². The highest BCUT2D eigenvalue weighted by Crippen LogP contribution is 2.20. The molecule has 1 saturated heterocycles. The van der Waals surface area contributed by atoms with Crippen molar-refractivity contribution in [1.82, 2.24) is 9.62 Å². The Labute approximate surface area is 174 Å². The average Bonchev–Trinajstić information content (AvgIpc) is 2.70. The van der Waals surface area contributed by atoms with Gasteiger partial charge in [-0.1, -0.05) is 42.3 Å². The summed E-state index contributed by atoms with van der Waals surface area (Å²) in [4.78, 5) is 12.6. The molecule has 5 nitrogen and oxygen atoms in total. The van der Waals surface area contributed by atoms with E-state index in [-0.39, 0.29) is 17.7 Å². The second kappa shape index (κ2) is 9.09. The van der Waals surface area contributed by atoms with E-state index in [1.807, 2.05) is 20.8 Å². The highest BCUT2D eigenvalue weighted by atomic mass is 32.2. The smallest absolute Gasteiger partial charge is 0.251 e. The Morgan fingerprint density at radius 3 is 2.34 bits per heavy atom. The summed E-state index contributed by atoms with van der Waals surface area (Å²) < 4.78 is 26.8. The molecule has 1 amide bonds. The first-order valence-electron chi connectivity index (χ1n) is 10.2. The molecular formula is C23H30N2O3S. The highest BCUT2D eigenvalue weighted by Gasteiger charge is 2.24. The zero-order valence-electron chi connectivity index (χ0n) is 17.4. The van der Waals surface area contributed by atoms with Gasteiger partial charge in [-0.3, -0.25) is 4.79 Å². The summed E-state index contributed by atoms with van der Waals surface area (Å²) in [5.74, 6) is -0.183. The molecule has 1 fully saturated rings. The molecule has 1 N–H and O–H groups in total. The van der Waals surface area contributed by atoms with E-state index in [4.69, 9.17) is 0 Å². The number of amides is 1. The molecule has 0 aromatic heterocycles. The molecule has 0 bridgehead atoms. The van der Waals surface area contributed by atoms with Crippen LogP contribution in [0, 0.1) is 13.8 Å². The lowest BCUT2D eigenvalue weighted by molar-refractivity contribution is 0.0940. The molecule has 1 atom stereocenters. The standard InChI is InChI=1S/C23H30N2O3S/c1-17-7-8-18(2)22(15-17)19(3)24-23(26)21-11-9-20(10-12-21)16-29(27,28)25-13-5-4-6-14-25/h7-12,15,19H,4-6,13-14,16H2,1-3H3,(H,24,26)/t19-/m1/s1. The fourth-order valence-corrected chi connectivity index (χ4v) is 5.39. The van der Waals surface area contributed by atoms with Crippen molar-refractivity contribution < 1.29 is 13.2 Å². The van der Waals surface area contributed by atoms with E-state index >= 15 is 0 Å². The van der Waals surface area contributed by atoms with Crippen molar-refractivity contribution in [3.05, 3.63) is 70.3 Å². The van der Waals surface area contributed by atoms with Gasteiger partial charge >= 0.3 is 0 Å². The number of hydrogen-bond donors (Lipinski definition) is 1. The van der Waals surface area contributed by atoms with Gasteiger partial charge in [0.25, 0.3) is 5.91 Å². The first-order valence-corrected chi connectivity index (χ1v) is 11.8. The van der Waals surface area contributed by atoms with Crippen molar-refractivity contribution in [3.63, 3.8) is 0 Å². The molecule has 0 radical (unpaired) electrons. The van der Waals surface area contributed by atoms with E-state index in [0.29, 0.717) is 24.2 Å². The molecule has 1 heterocycles. The van der Waals surface area contributed by atoms with Gasteiger partial charge in [-0.15, -0.1) is 0 Å². The SMILES string of the molecule is Cc1ccc(C)c([C@@H](C)NC(=O)c2ccc(CS(=O)(=O)N3CCCCC3)cc2)c1. The molecule has 29 heavy (non-hydrogen) atoms. The zero-order valence-corrected chi connectivity index (χ0v) is 18.3. The average molecular weight is 415 g/mol. The second-order valence-corrected chi connectivity index (χ2v) is 9.94. The number of nitrogens with zero attached hydrogens (tertiary/aromatic N) is 1. The van der Waals surface area contributed by atoms with Crippen LogP contribution in [-0.4, -0.2) is 31.7 Å². The van der Waals surface area contributed by atoms with Crippen LogP contribution in [0.15, 0.2) is 42.5 Å². The van der Waals surface area contributed by atoms with Gasteiger partial charge in [-0.2, -0.15) is 0 Å². The molecule has 156 valence electrons. The Hall–Kier alpha value is -2.18. The van der Waals surface area contributed by atoms with Crippen molar-refractivity contribution in [2.24, 2.45) is 0 Å². The Bertz CT molecular complexity index is 962. The molecule has 1 aliphatic heterocycles. The fraction of sp³-hybridized carbons (Fsp3) is 0.435. The number of sulfonamides is 1. The molecule has 3 rings (SSSR count). The minimum Gasteiger partial charge on any atom is -0.346 e. The molecule has 6 heteroatoms. The summed E-state index contributed by atoms with van der Waals surface area (Å²) in [6.45, 7) is 7.26. The number of benzene rings is 2. The maximum atomic E-state index is 12.6. The fourth-order valence-electron chi connectivity index (χ4n) is 3.78. The number of carbonyl (C=O) groups excluding carboxylic acids is 1. The molecule has 0 saturated carbocycles. The number of hydrogen-bond acceptors (Lipinski definition) is 3. The normalized spacial score (nSPS) is 16.4. The summed E-state index contributed by atoms with van der Waals surface area (Å²) >= 11 is 0. The Balaban J connectivity index is 1.64. The van der Waals surface area contributed by atoms with Crippen LogP contribution in [0.1, 0.15) is 64.8 Å². The van der Waals surface area contributed by atoms with Crippen LogP contribution in [0.2, 0.25) is 0 Å². The van der Waals surface area contributed by atoms with Gasteiger partial charge in [0.2, 0.25) is 10.0 Å². The predicted octanol–water partition coefficient (Wildman–Crippen LogP) is 4.11. The number of aryl methyl sites for hydroxylation is 2. The lowest BCUT2D eigenvalue weighted by Crippen LogP contribution is -2.36. The zero-order chi connectivity index (χ0) is 21.0. The van der Waals surface area contributed by atoms with Gasteiger partial charge in [0.1, 0.15) is 0 Å². The maximum absolute atomic E-state index is 12.6. The van der Waals surface area contributed by atoms with E-state index in [2.05, 4.69) is 23.5 Å². The van der Waals surface area contributed by atoms with Crippen molar-refractivity contribution in [3.8, 4) is 0 Å². The minimum atomic E-state index is -3.30. The van der Waals surface area contributed by atoms with Gasteiger partial charge in [0.15, 0.2) is 0 Å². The molecule has 1 aliphatic rings. The number of piperidine rings is 1. The van der Waals surface area contributed by atoms with Gasteiger partial charge in [0, 0.05) is 18.7 Å². The Morgan fingerprint density at radius 1 is 1.03 bits per heavy atom. The molecule has 0 unspecified atom stereocenters. The summed E-state index contributed by atoms with van der Waals surface area (Å²) in [7, 11) is -3.30. The predicted molar refractivity (Wildman–Crippen MR) is 116 cm³/mol. The largest absolute Gasteiger partial charge is 0.346 e. The van der Waals surface area contributed by atoms with Crippen LogP contribution in [0.3, 0.4) is 0 Å². The lowest BCUT2D eigenvalue weighted by atomic mass is 9.99. The first-order chi connectivity index (χ1) is 13.8. The number of carbonyl (C=O) groups is 1. The third-order valence-corrected chi connectivity index (χ3v) is 7.37. The second-order valence-electron chi connectivity index (χ2n) is 7.97. The van der Waals surface area contributed by atoms with Crippen LogP contribution in [0.25, 0.3) is 0 Å². The van der Waals surface area contributed by atoms with Gasteiger partial charge in [0.05, 0.1) is 11.8 Å². The number of rotatable bonds is 6. The summed E-state index contributed by atoms with van der Waals surface area (Å²) in [6, 6.07) is 13.0. The van der Waals surface area contributed by atoms with Crippen molar-refractivity contribution in [1.29, 1.82) is 0 Å². The third kappa shape index (κ3) is 5.46. The van der Waals surface area contributed by atoms with E-state index in [1.165, 1.54) is 0 Å². The lowest BCUT2D eigenvalue weighted by Gasteiger charge is -2.25. The van der Waals surface area contributed by atoms with Crippen LogP contribution in [0.4, 0.5) is 0 Å².